The molecule has 1 N–H and O–H groups in total. The number of benzene rings is 1. The number of carbonyl (C=O) groups is 1. The first kappa shape index (κ1) is 18.5. The van der Waals surface area contributed by atoms with Gasteiger partial charge < -0.3 is 14.6 Å². The van der Waals surface area contributed by atoms with Crippen LogP contribution >= 0.6 is 12.4 Å². The quantitative estimate of drug-likeness (QED) is 0.774. The summed E-state index contributed by atoms with van der Waals surface area (Å²) in [4.78, 5) is 13.4. The van der Waals surface area contributed by atoms with Crippen molar-refractivity contribution in [1.82, 2.24) is 10.2 Å². The Balaban J connectivity index is 0.00000208. The number of halogens is 2. The van der Waals surface area contributed by atoms with Crippen molar-refractivity contribution in [3.8, 4) is 11.3 Å². The molecule has 130 valence electrons. The van der Waals surface area contributed by atoms with Crippen molar-refractivity contribution in [2.75, 3.05) is 19.6 Å². The number of likely N-dealkylation sites (tertiary alicyclic amines) is 1. The lowest BCUT2D eigenvalue weighted by molar-refractivity contribution is -0.127. The molecule has 0 spiro atoms. The predicted molar refractivity (Wildman–Crippen MR) is 93.5 cm³/mol. The number of hydrogen-bond acceptors (Lipinski definition) is 3. The molecule has 24 heavy (non-hydrogen) atoms. The van der Waals surface area contributed by atoms with Crippen LogP contribution < -0.4 is 5.32 Å². The molecular weight excluding hydrogens is 331 g/mol. The molecule has 0 bridgehead atoms. The van der Waals surface area contributed by atoms with E-state index >= 15 is 0 Å². The molecule has 1 fully saturated rings. The number of furan rings is 1. The van der Waals surface area contributed by atoms with Crippen LogP contribution in [0.3, 0.4) is 0 Å². The summed E-state index contributed by atoms with van der Waals surface area (Å²) in [5.41, 5.74) is 0.478. The molecule has 2 heterocycles. The van der Waals surface area contributed by atoms with Gasteiger partial charge in [-0.25, -0.2) is 4.39 Å². The standard InChI is InChI=1S/C18H21FN2O2.ClH/c19-16-6-2-1-5-15(16)17-9-8-14(23-17)13-20-10-4-12-21-11-3-7-18(21)22;/h1-2,5-6,8-9,20H,3-4,7,10-13H2;1H. The van der Waals surface area contributed by atoms with E-state index in [1.54, 1.807) is 24.3 Å². The van der Waals surface area contributed by atoms with E-state index in [9.17, 15) is 9.18 Å². The van der Waals surface area contributed by atoms with Crippen molar-refractivity contribution in [3.63, 3.8) is 0 Å². The van der Waals surface area contributed by atoms with Crippen LogP contribution in [0, 0.1) is 5.82 Å². The van der Waals surface area contributed by atoms with Crippen molar-refractivity contribution in [2.24, 2.45) is 0 Å². The summed E-state index contributed by atoms with van der Waals surface area (Å²) in [5, 5.41) is 3.29. The minimum absolute atomic E-state index is 0. The van der Waals surface area contributed by atoms with Gasteiger partial charge in [-0.15, -0.1) is 12.4 Å². The highest BCUT2D eigenvalue weighted by Crippen LogP contribution is 2.24. The van der Waals surface area contributed by atoms with E-state index < -0.39 is 0 Å². The van der Waals surface area contributed by atoms with Gasteiger partial charge in [0.1, 0.15) is 17.3 Å². The third-order valence-electron chi connectivity index (χ3n) is 4.05. The molecule has 0 atom stereocenters. The van der Waals surface area contributed by atoms with E-state index in [0.717, 1.165) is 38.2 Å². The number of nitrogens with zero attached hydrogens (tertiary/aromatic N) is 1. The topological polar surface area (TPSA) is 45.5 Å². The third kappa shape index (κ3) is 4.58. The number of rotatable bonds is 7. The lowest BCUT2D eigenvalue weighted by Gasteiger charge is -2.15. The molecular formula is C18H22ClFN2O2. The fourth-order valence-corrected chi connectivity index (χ4v) is 2.83. The lowest BCUT2D eigenvalue weighted by Crippen LogP contribution is -2.28. The van der Waals surface area contributed by atoms with Crippen LogP contribution in [0.4, 0.5) is 4.39 Å². The summed E-state index contributed by atoms with van der Waals surface area (Å²) >= 11 is 0. The van der Waals surface area contributed by atoms with Gasteiger partial charge in [-0.1, -0.05) is 12.1 Å². The Kier molecular flexibility index (Phi) is 6.82. The maximum Gasteiger partial charge on any atom is 0.222 e. The molecule has 1 saturated heterocycles. The summed E-state index contributed by atoms with van der Waals surface area (Å²) in [6, 6.07) is 10.2. The Hall–Kier alpha value is -1.85. The predicted octanol–water partition coefficient (Wildman–Crippen LogP) is 3.61. The molecule has 0 radical (unpaired) electrons. The van der Waals surface area contributed by atoms with Crippen LogP contribution in [0.2, 0.25) is 0 Å². The van der Waals surface area contributed by atoms with Crippen molar-refractivity contribution in [1.29, 1.82) is 0 Å². The summed E-state index contributed by atoms with van der Waals surface area (Å²) in [6.45, 7) is 3.12. The Bertz CT molecular complexity index is 675. The molecule has 1 aliphatic rings. The Morgan fingerprint density at radius 1 is 1.21 bits per heavy atom. The van der Waals surface area contributed by atoms with Crippen LogP contribution in [0.1, 0.15) is 25.0 Å². The molecule has 6 heteroatoms. The first-order valence-electron chi connectivity index (χ1n) is 8.06. The fraction of sp³-hybridized carbons (Fsp3) is 0.389. The molecule has 3 rings (SSSR count). The van der Waals surface area contributed by atoms with Crippen LogP contribution in [0.15, 0.2) is 40.8 Å². The zero-order valence-corrected chi connectivity index (χ0v) is 14.3. The zero-order chi connectivity index (χ0) is 16.1. The van der Waals surface area contributed by atoms with Gasteiger partial charge in [0.2, 0.25) is 5.91 Å². The van der Waals surface area contributed by atoms with Crippen molar-refractivity contribution in [2.45, 2.75) is 25.8 Å². The molecule has 0 unspecified atom stereocenters. The minimum Gasteiger partial charge on any atom is -0.460 e. The van der Waals surface area contributed by atoms with E-state index in [4.69, 9.17) is 4.42 Å². The summed E-state index contributed by atoms with van der Waals surface area (Å²) in [5.74, 6) is 1.31. The van der Waals surface area contributed by atoms with E-state index in [-0.39, 0.29) is 24.1 Å². The van der Waals surface area contributed by atoms with Crippen LogP contribution in [0.5, 0.6) is 0 Å². The first-order chi connectivity index (χ1) is 11.2. The van der Waals surface area contributed by atoms with Gasteiger partial charge in [0.25, 0.3) is 0 Å². The largest absolute Gasteiger partial charge is 0.460 e. The Morgan fingerprint density at radius 3 is 2.79 bits per heavy atom. The summed E-state index contributed by atoms with van der Waals surface area (Å²) < 4.78 is 19.4. The van der Waals surface area contributed by atoms with Crippen molar-refractivity contribution < 1.29 is 13.6 Å². The molecule has 0 aliphatic carbocycles. The van der Waals surface area contributed by atoms with Crippen molar-refractivity contribution in [3.05, 3.63) is 48.0 Å². The third-order valence-corrected chi connectivity index (χ3v) is 4.05. The molecule has 2 aromatic rings. The van der Waals surface area contributed by atoms with Gasteiger partial charge in [0.05, 0.1) is 12.1 Å². The minimum atomic E-state index is -0.281. The Morgan fingerprint density at radius 2 is 2.04 bits per heavy atom. The van der Waals surface area contributed by atoms with Gasteiger partial charge in [0.15, 0.2) is 0 Å². The second-order valence-electron chi connectivity index (χ2n) is 5.76. The van der Waals surface area contributed by atoms with Crippen molar-refractivity contribution >= 4 is 18.3 Å². The van der Waals surface area contributed by atoms with Crippen LogP contribution in [0.25, 0.3) is 11.3 Å². The molecule has 1 aliphatic heterocycles. The summed E-state index contributed by atoms with van der Waals surface area (Å²) in [6.07, 6.45) is 2.60. The SMILES string of the molecule is Cl.O=C1CCCN1CCCNCc1ccc(-c2ccccc2F)o1. The zero-order valence-electron chi connectivity index (χ0n) is 13.5. The number of amides is 1. The Labute approximate surface area is 147 Å². The van der Waals surface area contributed by atoms with E-state index in [1.165, 1.54) is 6.07 Å². The van der Waals surface area contributed by atoms with Gasteiger partial charge in [0, 0.05) is 19.5 Å². The van der Waals surface area contributed by atoms with Crippen LogP contribution in [-0.2, 0) is 11.3 Å². The van der Waals surface area contributed by atoms with E-state index in [1.807, 2.05) is 11.0 Å². The first-order valence-corrected chi connectivity index (χ1v) is 8.06. The van der Waals surface area contributed by atoms with Gasteiger partial charge in [-0.2, -0.15) is 0 Å². The van der Waals surface area contributed by atoms with E-state index in [2.05, 4.69) is 5.32 Å². The average Bonchev–Trinajstić information content (AvgIpc) is 3.17. The number of nitrogens with one attached hydrogen (secondary N) is 1. The second-order valence-corrected chi connectivity index (χ2v) is 5.76. The highest BCUT2D eigenvalue weighted by molar-refractivity contribution is 5.85. The van der Waals surface area contributed by atoms with Gasteiger partial charge in [-0.05, 0) is 43.7 Å². The molecule has 1 aromatic heterocycles. The monoisotopic (exact) mass is 352 g/mol. The average molecular weight is 353 g/mol. The smallest absolute Gasteiger partial charge is 0.222 e. The van der Waals surface area contributed by atoms with E-state index in [0.29, 0.717) is 24.3 Å². The molecule has 1 amide bonds. The van der Waals surface area contributed by atoms with Gasteiger partial charge in [-0.3, -0.25) is 4.79 Å². The molecule has 0 saturated carbocycles. The maximum absolute atomic E-state index is 13.7. The number of carbonyl (C=O) groups excluding carboxylic acids is 1. The maximum atomic E-state index is 13.7. The van der Waals surface area contributed by atoms with Gasteiger partial charge >= 0.3 is 0 Å². The fourth-order valence-electron chi connectivity index (χ4n) is 2.83. The van der Waals surface area contributed by atoms with Crippen LogP contribution in [-0.4, -0.2) is 30.4 Å². The lowest BCUT2D eigenvalue weighted by atomic mass is 10.1. The molecule has 4 nitrogen and oxygen atoms in total. The highest BCUT2D eigenvalue weighted by atomic mass is 35.5. The second kappa shape index (κ2) is 8.85. The normalized spacial score (nSPS) is 14.0. The number of hydrogen-bond donors (Lipinski definition) is 1. The molecule has 1 aromatic carbocycles. The summed E-state index contributed by atoms with van der Waals surface area (Å²) in [7, 11) is 0. The highest BCUT2D eigenvalue weighted by Gasteiger charge is 2.18.